The average Bonchev–Trinajstić information content (AvgIpc) is 3.02. The number of ether oxygens (including phenoxy) is 1. The average molecular weight is 350 g/mol. The minimum absolute atomic E-state index is 0.170. The van der Waals surface area contributed by atoms with Crippen molar-refractivity contribution < 1.29 is 9.53 Å². The first-order chi connectivity index (χ1) is 11.7. The fraction of sp³-hybridized carbons (Fsp3) is 0.611. The Hall–Kier alpha value is -1.40. The first kappa shape index (κ1) is 17.4. The van der Waals surface area contributed by atoms with Crippen LogP contribution in [0.2, 0.25) is 0 Å². The molecule has 1 N–H and O–H groups in total. The molecule has 0 bridgehead atoms. The third-order valence-corrected chi connectivity index (χ3v) is 6.31. The van der Waals surface area contributed by atoms with Gasteiger partial charge < -0.3 is 15.0 Å². The van der Waals surface area contributed by atoms with Crippen LogP contribution in [0.3, 0.4) is 0 Å². The summed E-state index contributed by atoms with van der Waals surface area (Å²) >= 11 is 1.77. The van der Waals surface area contributed by atoms with Crippen molar-refractivity contribution >= 4 is 23.4 Å². The molecule has 0 spiro atoms. The van der Waals surface area contributed by atoms with Crippen LogP contribution in [0, 0.1) is 0 Å². The molecule has 2 fully saturated rings. The van der Waals surface area contributed by atoms with Crippen LogP contribution in [0.1, 0.15) is 26.2 Å². The molecular weight excluding hydrogens is 322 g/mol. The molecule has 3 rings (SSSR count). The minimum Gasteiger partial charge on any atom is -0.495 e. The number of hydrogen-bond donors (Lipinski definition) is 1. The van der Waals surface area contributed by atoms with E-state index in [0.717, 1.165) is 56.9 Å². The van der Waals surface area contributed by atoms with Gasteiger partial charge in [0.2, 0.25) is 5.91 Å². The summed E-state index contributed by atoms with van der Waals surface area (Å²) in [5.41, 5.74) is 1.16. The Bertz CT molecular complexity index is 575. The number of methoxy groups -OCH3 is 1. The van der Waals surface area contributed by atoms with Crippen molar-refractivity contribution in [2.75, 3.05) is 43.9 Å². The number of amides is 1. The van der Waals surface area contributed by atoms with E-state index < -0.39 is 0 Å². The van der Waals surface area contributed by atoms with E-state index >= 15 is 0 Å². The number of unbranched alkanes of at least 4 members (excludes halogenated alkanes) is 1. The highest BCUT2D eigenvalue weighted by atomic mass is 32.2. The summed E-state index contributed by atoms with van der Waals surface area (Å²) in [6, 6.07) is 8.19. The number of benzene rings is 1. The molecule has 0 saturated carbocycles. The predicted molar refractivity (Wildman–Crippen MR) is 99.6 cm³/mol. The summed E-state index contributed by atoms with van der Waals surface area (Å²) < 4.78 is 5.50. The fourth-order valence-electron chi connectivity index (χ4n) is 3.55. The topological polar surface area (TPSA) is 44.8 Å². The van der Waals surface area contributed by atoms with E-state index in [9.17, 15) is 4.79 Å². The number of anilines is 1. The maximum atomic E-state index is 11.8. The van der Waals surface area contributed by atoms with Gasteiger partial charge in [-0.05, 0) is 25.0 Å². The predicted octanol–water partition coefficient (Wildman–Crippen LogP) is 2.52. The number of hydrogen-bond acceptors (Lipinski definition) is 5. The smallest absolute Gasteiger partial charge is 0.232 e. The fourth-order valence-corrected chi connectivity index (χ4v) is 4.84. The summed E-state index contributed by atoms with van der Waals surface area (Å²) in [6.45, 7) is 6.01. The molecule has 132 valence electrons. The van der Waals surface area contributed by atoms with E-state index in [1.54, 1.807) is 18.9 Å². The highest BCUT2D eigenvalue weighted by Gasteiger charge is 2.44. The Morgan fingerprint density at radius 1 is 1.25 bits per heavy atom. The summed E-state index contributed by atoms with van der Waals surface area (Å²) in [5.74, 6) is 1.68. The lowest BCUT2D eigenvalue weighted by Crippen LogP contribution is -2.60. The van der Waals surface area contributed by atoms with E-state index in [0.29, 0.717) is 5.75 Å². The van der Waals surface area contributed by atoms with Gasteiger partial charge in [-0.3, -0.25) is 9.69 Å². The molecule has 2 heterocycles. The normalized spacial score (nSPS) is 24.9. The van der Waals surface area contributed by atoms with Gasteiger partial charge in [-0.1, -0.05) is 25.5 Å². The molecule has 1 aromatic rings. The molecule has 2 aliphatic rings. The number of nitrogens with one attached hydrogen (secondary N) is 1. The third-order valence-electron chi connectivity index (χ3n) is 4.86. The third kappa shape index (κ3) is 3.49. The highest BCUT2D eigenvalue weighted by molar-refractivity contribution is 8.01. The molecule has 2 aliphatic heterocycles. The van der Waals surface area contributed by atoms with E-state index in [1.165, 1.54) is 0 Å². The lowest BCUT2D eigenvalue weighted by molar-refractivity contribution is -0.120. The maximum Gasteiger partial charge on any atom is 0.232 e. The Balaban J connectivity index is 1.68. The molecule has 6 heteroatoms. The van der Waals surface area contributed by atoms with Gasteiger partial charge in [-0.2, -0.15) is 0 Å². The van der Waals surface area contributed by atoms with Gasteiger partial charge in [0.05, 0.1) is 18.6 Å². The second-order valence-electron chi connectivity index (χ2n) is 6.37. The minimum atomic E-state index is -0.194. The van der Waals surface area contributed by atoms with E-state index in [1.807, 2.05) is 12.1 Å². The van der Waals surface area contributed by atoms with Crippen molar-refractivity contribution in [3.63, 3.8) is 0 Å². The quantitative estimate of drug-likeness (QED) is 0.855. The largest absolute Gasteiger partial charge is 0.495 e. The summed E-state index contributed by atoms with van der Waals surface area (Å²) in [4.78, 5) is 16.5. The molecular formula is C18H27N3O2S. The van der Waals surface area contributed by atoms with Crippen molar-refractivity contribution in [2.24, 2.45) is 0 Å². The van der Waals surface area contributed by atoms with Gasteiger partial charge >= 0.3 is 0 Å². The molecule has 0 aromatic heterocycles. The first-order valence-corrected chi connectivity index (χ1v) is 9.75. The standard InChI is InChI=1S/C18H27N3O2S/c1-3-4-9-18(19-17(22)14-24-18)21-12-10-20(11-13-21)15-7-5-6-8-16(15)23-2/h5-8H,3-4,9-14H2,1-2H3,(H,19,22). The zero-order valence-electron chi connectivity index (χ0n) is 14.6. The Kier molecular flexibility index (Phi) is 5.56. The number of thioether (sulfide) groups is 1. The van der Waals surface area contributed by atoms with Crippen molar-refractivity contribution in [1.29, 1.82) is 0 Å². The molecule has 1 atom stereocenters. The molecule has 1 aromatic carbocycles. The van der Waals surface area contributed by atoms with Crippen LogP contribution in [-0.4, -0.2) is 54.8 Å². The van der Waals surface area contributed by atoms with Gasteiger partial charge in [0.15, 0.2) is 0 Å². The van der Waals surface area contributed by atoms with Gasteiger partial charge in [0.1, 0.15) is 10.7 Å². The highest BCUT2D eigenvalue weighted by Crippen LogP contribution is 2.38. The van der Waals surface area contributed by atoms with Crippen molar-refractivity contribution in [1.82, 2.24) is 10.2 Å². The van der Waals surface area contributed by atoms with Crippen LogP contribution in [0.15, 0.2) is 24.3 Å². The van der Waals surface area contributed by atoms with E-state index in [2.05, 4.69) is 34.2 Å². The number of carbonyl (C=O) groups excluding carboxylic acids is 1. The van der Waals surface area contributed by atoms with Crippen LogP contribution in [0.4, 0.5) is 5.69 Å². The van der Waals surface area contributed by atoms with Crippen LogP contribution in [0.5, 0.6) is 5.75 Å². The SMILES string of the molecule is CCCCC1(N2CCN(c3ccccc3OC)CC2)NC(=O)CS1. The number of carbonyl (C=O) groups is 1. The van der Waals surface area contributed by atoms with E-state index in [-0.39, 0.29) is 10.9 Å². The van der Waals surface area contributed by atoms with Crippen LogP contribution in [-0.2, 0) is 4.79 Å². The molecule has 5 nitrogen and oxygen atoms in total. The number of para-hydroxylation sites is 2. The van der Waals surface area contributed by atoms with Crippen LogP contribution in [0.25, 0.3) is 0 Å². The molecule has 0 aliphatic carbocycles. The van der Waals surface area contributed by atoms with Gasteiger partial charge in [0.25, 0.3) is 0 Å². The number of nitrogens with zero attached hydrogens (tertiary/aromatic N) is 2. The lowest BCUT2D eigenvalue weighted by atomic mass is 10.1. The molecule has 1 amide bonds. The van der Waals surface area contributed by atoms with Crippen molar-refractivity contribution in [2.45, 2.75) is 31.2 Å². The molecule has 0 radical (unpaired) electrons. The number of rotatable bonds is 6. The van der Waals surface area contributed by atoms with Gasteiger partial charge in [-0.25, -0.2) is 0 Å². The number of piperazine rings is 1. The van der Waals surface area contributed by atoms with Crippen LogP contribution < -0.4 is 15.0 Å². The second-order valence-corrected chi connectivity index (χ2v) is 7.62. The Morgan fingerprint density at radius 2 is 2.00 bits per heavy atom. The zero-order chi connectivity index (χ0) is 17.0. The Labute approximate surface area is 148 Å². The van der Waals surface area contributed by atoms with Crippen molar-refractivity contribution in [3.05, 3.63) is 24.3 Å². The molecule has 24 heavy (non-hydrogen) atoms. The first-order valence-electron chi connectivity index (χ1n) is 8.76. The van der Waals surface area contributed by atoms with E-state index in [4.69, 9.17) is 4.74 Å². The maximum absolute atomic E-state index is 11.8. The molecule has 1 unspecified atom stereocenters. The van der Waals surface area contributed by atoms with Crippen LogP contribution >= 0.6 is 11.8 Å². The monoisotopic (exact) mass is 349 g/mol. The lowest BCUT2D eigenvalue weighted by Gasteiger charge is -2.45. The summed E-state index contributed by atoms with van der Waals surface area (Å²) in [5, 5.41) is 3.26. The second kappa shape index (κ2) is 7.66. The van der Waals surface area contributed by atoms with Crippen molar-refractivity contribution in [3.8, 4) is 5.75 Å². The van der Waals surface area contributed by atoms with Gasteiger partial charge in [0, 0.05) is 26.2 Å². The Morgan fingerprint density at radius 3 is 2.62 bits per heavy atom. The van der Waals surface area contributed by atoms with Gasteiger partial charge in [-0.15, -0.1) is 11.8 Å². The summed E-state index contributed by atoms with van der Waals surface area (Å²) in [7, 11) is 1.72. The molecule has 2 saturated heterocycles. The zero-order valence-corrected chi connectivity index (χ0v) is 15.4. The summed E-state index contributed by atoms with van der Waals surface area (Å²) in [6.07, 6.45) is 3.31.